The number of para-hydroxylation sites is 1. The second-order valence-corrected chi connectivity index (χ2v) is 6.48. The molecule has 0 bridgehead atoms. The normalized spacial score (nSPS) is 12.2. The van der Waals surface area contributed by atoms with Crippen molar-refractivity contribution in [3.05, 3.63) is 49.8 Å². The van der Waals surface area contributed by atoms with Crippen molar-refractivity contribution in [3.63, 3.8) is 0 Å². The minimum atomic E-state index is -0.319. The van der Waals surface area contributed by atoms with Crippen LogP contribution < -0.4 is 9.67 Å². The highest BCUT2D eigenvalue weighted by atomic mass is 32.1. The zero-order valence-electron chi connectivity index (χ0n) is 11.6. The maximum Gasteiger partial charge on any atom is 0.307 e. The first-order valence-electron chi connectivity index (χ1n) is 6.33. The number of amides is 1. The van der Waals surface area contributed by atoms with Gasteiger partial charge in [-0.25, -0.2) is 0 Å². The first-order chi connectivity index (χ1) is 10.1. The van der Waals surface area contributed by atoms with Crippen LogP contribution in [0.15, 0.2) is 39.4 Å². The predicted molar refractivity (Wildman–Crippen MR) is 84.7 cm³/mol. The van der Waals surface area contributed by atoms with E-state index in [0.717, 1.165) is 27.2 Å². The highest BCUT2D eigenvalue weighted by Crippen LogP contribution is 2.15. The summed E-state index contributed by atoms with van der Waals surface area (Å²) in [5.41, 5.74) is 1.83. The maximum atomic E-state index is 12.1. The van der Waals surface area contributed by atoms with Gasteiger partial charge in [0.15, 0.2) is 4.80 Å². The van der Waals surface area contributed by atoms with Crippen molar-refractivity contribution in [2.24, 2.45) is 12.0 Å². The second-order valence-electron chi connectivity index (χ2n) is 4.65. The molecule has 3 rings (SSSR count). The molecule has 5 nitrogen and oxygen atoms in total. The number of carbonyl (C=O) groups excluding carboxylic acids is 1. The van der Waals surface area contributed by atoms with Crippen LogP contribution in [0.25, 0.3) is 10.2 Å². The highest BCUT2D eigenvalue weighted by molar-refractivity contribution is 7.16. The van der Waals surface area contributed by atoms with Crippen LogP contribution in [0.2, 0.25) is 0 Å². The van der Waals surface area contributed by atoms with E-state index >= 15 is 0 Å². The van der Waals surface area contributed by atoms with E-state index in [1.54, 1.807) is 5.38 Å². The van der Waals surface area contributed by atoms with Gasteiger partial charge in [-0.3, -0.25) is 14.2 Å². The number of nitrogens with zero attached hydrogens (tertiary/aromatic N) is 3. The van der Waals surface area contributed by atoms with Crippen molar-refractivity contribution in [2.45, 2.75) is 13.5 Å². The summed E-state index contributed by atoms with van der Waals surface area (Å²) in [5, 5.41) is 1.75. The SMILES string of the molecule is Cc1csc(=O)n1CC(=O)N=c1sc2ccccc2n1C. The second kappa shape index (κ2) is 5.42. The summed E-state index contributed by atoms with van der Waals surface area (Å²) in [6.45, 7) is 1.80. The predicted octanol–water partition coefficient (Wildman–Crippen LogP) is 1.90. The smallest absolute Gasteiger partial charge is 0.307 e. The Bertz CT molecular complexity index is 943. The number of hydrogen-bond acceptors (Lipinski definition) is 4. The average Bonchev–Trinajstić information content (AvgIpc) is 2.94. The molecule has 0 aliphatic rings. The van der Waals surface area contributed by atoms with Crippen LogP contribution in [-0.4, -0.2) is 15.0 Å². The van der Waals surface area contributed by atoms with Crippen LogP contribution in [0.5, 0.6) is 0 Å². The van der Waals surface area contributed by atoms with Gasteiger partial charge in [0.05, 0.1) is 10.2 Å². The third kappa shape index (κ3) is 2.62. The number of rotatable bonds is 2. The summed E-state index contributed by atoms with van der Waals surface area (Å²) in [7, 11) is 1.88. The van der Waals surface area contributed by atoms with E-state index in [-0.39, 0.29) is 17.3 Å². The first-order valence-corrected chi connectivity index (χ1v) is 8.03. The number of benzene rings is 1. The number of aromatic nitrogens is 2. The van der Waals surface area contributed by atoms with Gasteiger partial charge in [-0.05, 0) is 19.1 Å². The minimum absolute atomic E-state index is 0.0115. The van der Waals surface area contributed by atoms with E-state index < -0.39 is 0 Å². The Hall–Kier alpha value is -1.99. The van der Waals surface area contributed by atoms with Crippen molar-refractivity contribution in [2.75, 3.05) is 0 Å². The molecular formula is C14H13N3O2S2. The van der Waals surface area contributed by atoms with E-state index in [0.29, 0.717) is 4.80 Å². The van der Waals surface area contributed by atoms with Gasteiger partial charge in [0.2, 0.25) is 0 Å². The molecule has 0 unspecified atom stereocenters. The van der Waals surface area contributed by atoms with Gasteiger partial charge in [0, 0.05) is 18.1 Å². The van der Waals surface area contributed by atoms with Gasteiger partial charge < -0.3 is 4.57 Å². The van der Waals surface area contributed by atoms with Crippen LogP contribution >= 0.6 is 22.7 Å². The lowest BCUT2D eigenvalue weighted by Gasteiger charge is -1.99. The summed E-state index contributed by atoms with van der Waals surface area (Å²) >= 11 is 2.56. The fourth-order valence-electron chi connectivity index (χ4n) is 2.06. The Morgan fingerprint density at radius 1 is 1.33 bits per heavy atom. The molecule has 1 amide bonds. The topological polar surface area (TPSA) is 56.4 Å². The number of carbonyl (C=O) groups is 1. The lowest BCUT2D eigenvalue weighted by atomic mass is 10.3. The Kier molecular flexibility index (Phi) is 3.60. The first kappa shape index (κ1) is 14.0. The Labute approximate surface area is 128 Å². The molecule has 0 saturated heterocycles. The molecule has 2 aromatic heterocycles. The lowest BCUT2D eigenvalue weighted by Crippen LogP contribution is -2.22. The zero-order valence-corrected chi connectivity index (χ0v) is 13.2. The average molecular weight is 319 g/mol. The van der Waals surface area contributed by atoms with Crippen molar-refractivity contribution < 1.29 is 4.79 Å². The molecule has 7 heteroatoms. The van der Waals surface area contributed by atoms with E-state index in [1.807, 2.05) is 42.8 Å². The summed E-state index contributed by atoms with van der Waals surface area (Å²) in [4.78, 5) is 28.4. The number of hydrogen-bond donors (Lipinski definition) is 0. The van der Waals surface area contributed by atoms with Crippen LogP contribution in [0.1, 0.15) is 5.69 Å². The molecule has 0 saturated carbocycles. The summed E-state index contributed by atoms with van der Waals surface area (Å²) in [5.74, 6) is -0.319. The third-order valence-electron chi connectivity index (χ3n) is 3.20. The molecule has 0 aliphatic heterocycles. The summed E-state index contributed by atoms with van der Waals surface area (Å²) < 4.78 is 4.42. The lowest BCUT2D eigenvalue weighted by molar-refractivity contribution is -0.118. The molecule has 0 fully saturated rings. The molecule has 0 N–H and O–H groups in total. The highest BCUT2D eigenvalue weighted by Gasteiger charge is 2.09. The molecule has 0 spiro atoms. The molecule has 1 aromatic carbocycles. The van der Waals surface area contributed by atoms with E-state index in [2.05, 4.69) is 4.99 Å². The minimum Gasteiger partial charge on any atom is -0.319 e. The fraction of sp³-hybridized carbons (Fsp3) is 0.214. The fourth-order valence-corrected chi connectivity index (χ4v) is 3.83. The van der Waals surface area contributed by atoms with Crippen molar-refractivity contribution >= 4 is 38.8 Å². The van der Waals surface area contributed by atoms with E-state index in [9.17, 15) is 9.59 Å². The summed E-state index contributed by atoms with van der Waals surface area (Å²) in [6, 6.07) is 7.90. The number of fused-ring (bicyclic) bond motifs is 1. The van der Waals surface area contributed by atoms with E-state index in [4.69, 9.17) is 0 Å². The van der Waals surface area contributed by atoms with Crippen LogP contribution in [-0.2, 0) is 18.4 Å². The largest absolute Gasteiger partial charge is 0.319 e. The number of aryl methyl sites for hydroxylation is 2. The number of thiazole rings is 2. The standard InChI is InChI=1S/C14H13N3O2S2/c1-9-8-20-14(19)17(9)7-12(18)15-13-16(2)10-5-3-4-6-11(10)21-13/h3-6,8H,7H2,1-2H3. The molecular weight excluding hydrogens is 306 g/mol. The zero-order chi connectivity index (χ0) is 15.0. The van der Waals surface area contributed by atoms with Gasteiger partial charge in [0.25, 0.3) is 5.91 Å². The van der Waals surface area contributed by atoms with Crippen LogP contribution in [0.3, 0.4) is 0 Å². The van der Waals surface area contributed by atoms with Gasteiger partial charge in [0.1, 0.15) is 6.54 Å². The summed E-state index contributed by atoms with van der Waals surface area (Å²) in [6.07, 6.45) is 0. The monoisotopic (exact) mass is 319 g/mol. The van der Waals surface area contributed by atoms with Gasteiger partial charge in [-0.2, -0.15) is 4.99 Å². The molecule has 3 aromatic rings. The molecule has 108 valence electrons. The molecule has 2 heterocycles. The van der Waals surface area contributed by atoms with Crippen LogP contribution in [0.4, 0.5) is 0 Å². The molecule has 21 heavy (non-hydrogen) atoms. The molecule has 0 radical (unpaired) electrons. The van der Waals surface area contributed by atoms with Crippen molar-refractivity contribution in [1.29, 1.82) is 0 Å². The van der Waals surface area contributed by atoms with Gasteiger partial charge in [-0.1, -0.05) is 34.8 Å². The Balaban J connectivity index is 1.98. The Morgan fingerprint density at radius 2 is 2.10 bits per heavy atom. The van der Waals surface area contributed by atoms with Crippen molar-refractivity contribution in [3.8, 4) is 0 Å². The van der Waals surface area contributed by atoms with Crippen LogP contribution in [0, 0.1) is 6.92 Å². The van der Waals surface area contributed by atoms with Crippen molar-refractivity contribution in [1.82, 2.24) is 9.13 Å². The molecule has 0 aliphatic carbocycles. The quantitative estimate of drug-likeness (QED) is 0.724. The molecule has 0 atom stereocenters. The van der Waals surface area contributed by atoms with E-state index in [1.165, 1.54) is 15.9 Å². The Morgan fingerprint density at radius 3 is 2.76 bits per heavy atom. The maximum absolute atomic E-state index is 12.1. The van der Waals surface area contributed by atoms with Gasteiger partial charge >= 0.3 is 4.87 Å². The third-order valence-corrected chi connectivity index (χ3v) is 5.20. The van der Waals surface area contributed by atoms with Gasteiger partial charge in [-0.15, -0.1) is 0 Å².